The molecule has 0 atom stereocenters. The molecule has 3 aromatic rings. The highest BCUT2D eigenvalue weighted by Gasteiger charge is 2.32. The number of anilines is 1. The first-order valence-electron chi connectivity index (χ1n) is 10.7. The molecule has 0 spiro atoms. The number of rotatable bonds is 6. The van der Waals surface area contributed by atoms with E-state index in [0.717, 1.165) is 47.1 Å². The summed E-state index contributed by atoms with van der Waals surface area (Å²) >= 11 is 8.07. The van der Waals surface area contributed by atoms with E-state index in [0.29, 0.717) is 22.4 Å². The SMILES string of the molecule is CCc1cc2oc(=O)cc(CSc3nnc(N4CCCCC4)n3C3CC3)c2cc1Cl. The summed E-state index contributed by atoms with van der Waals surface area (Å²) in [6.45, 7) is 4.14. The van der Waals surface area contributed by atoms with Crippen molar-refractivity contribution in [1.82, 2.24) is 14.8 Å². The van der Waals surface area contributed by atoms with Crippen LogP contribution in [0.25, 0.3) is 11.0 Å². The molecule has 0 bridgehead atoms. The molecule has 30 heavy (non-hydrogen) atoms. The number of hydrogen-bond acceptors (Lipinski definition) is 6. The molecule has 1 aliphatic carbocycles. The van der Waals surface area contributed by atoms with Gasteiger partial charge in [0.25, 0.3) is 0 Å². The van der Waals surface area contributed by atoms with E-state index in [1.807, 2.05) is 19.1 Å². The Morgan fingerprint density at radius 3 is 2.67 bits per heavy atom. The van der Waals surface area contributed by atoms with Crippen molar-refractivity contribution in [1.29, 1.82) is 0 Å². The maximum absolute atomic E-state index is 12.1. The van der Waals surface area contributed by atoms with Crippen LogP contribution in [0.3, 0.4) is 0 Å². The van der Waals surface area contributed by atoms with Gasteiger partial charge in [0.2, 0.25) is 5.95 Å². The molecule has 1 saturated heterocycles. The lowest BCUT2D eigenvalue weighted by molar-refractivity contribution is 0.548. The Labute approximate surface area is 184 Å². The molecule has 158 valence electrons. The van der Waals surface area contributed by atoms with Crippen molar-refractivity contribution in [2.24, 2.45) is 0 Å². The Morgan fingerprint density at radius 2 is 1.93 bits per heavy atom. The monoisotopic (exact) mass is 444 g/mol. The minimum atomic E-state index is -0.333. The van der Waals surface area contributed by atoms with Gasteiger partial charge >= 0.3 is 5.63 Å². The molecule has 3 heterocycles. The molecule has 1 aromatic carbocycles. The molecule has 8 heteroatoms. The Kier molecular flexibility index (Phi) is 5.50. The summed E-state index contributed by atoms with van der Waals surface area (Å²) in [6, 6.07) is 5.87. The molecule has 5 rings (SSSR count). The highest BCUT2D eigenvalue weighted by atomic mass is 35.5. The first-order valence-corrected chi connectivity index (χ1v) is 12.1. The highest BCUT2D eigenvalue weighted by Crippen LogP contribution is 2.42. The highest BCUT2D eigenvalue weighted by molar-refractivity contribution is 7.98. The Morgan fingerprint density at radius 1 is 1.13 bits per heavy atom. The average Bonchev–Trinajstić information content (AvgIpc) is 3.51. The van der Waals surface area contributed by atoms with Gasteiger partial charge in [0.1, 0.15) is 5.58 Å². The number of fused-ring (bicyclic) bond motifs is 1. The molecule has 1 aliphatic heterocycles. The van der Waals surface area contributed by atoms with E-state index in [9.17, 15) is 4.79 Å². The van der Waals surface area contributed by atoms with Gasteiger partial charge < -0.3 is 9.32 Å². The standard InChI is InChI=1S/C22H25ClN4O2S/c1-2-14-10-19-17(12-18(14)23)15(11-20(28)29-19)13-30-22-25-24-21(27(22)16-6-7-16)26-8-4-3-5-9-26/h10-12,16H,2-9,13H2,1H3. The number of nitrogens with zero attached hydrogens (tertiary/aromatic N) is 4. The van der Waals surface area contributed by atoms with E-state index in [2.05, 4.69) is 19.7 Å². The summed E-state index contributed by atoms with van der Waals surface area (Å²) < 4.78 is 7.76. The lowest BCUT2D eigenvalue weighted by Gasteiger charge is -2.27. The van der Waals surface area contributed by atoms with Crippen molar-refractivity contribution in [2.45, 2.75) is 62.4 Å². The van der Waals surface area contributed by atoms with Gasteiger partial charge in [0.15, 0.2) is 5.16 Å². The normalized spacial score (nSPS) is 17.1. The number of halogens is 1. The van der Waals surface area contributed by atoms with Crippen molar-refractivity contribution < 1.29 is 4.42 Å². The first kappa shape index (κ1) is 19.9. The van der Waals surface area contributed by atoms with Crippen LogP contribution in [0.1, 0.15) is 56.2 Å². The van der Waals surface area contributed by atoms with Crippen LogP contribution in [0.2, 0.25) is 5.02 Å². The van der Waals surface area contributed by atoms with Crippen molar-refractivity contribution in [2.75, 3.05) is 18.0 Å². The molecule has 2 fully saturated rings. The molecule has 0 radical (unpaired) electrons. The molecular weight excluding hydrogens is 420 g/mol. The van der Waals surface area contributed by atoms with Crippen LogP contribution in [-0.2, 0) is 12.2 Å². The quantitative estimate of drug-likeness (QED) is 0.383. The predicted molar refractivity (Wildman–Crippen MR) is 121 cm³/mol. The average molecular weight is 445 g/mol. The van der Waals surface area contributed by atoms with Crippen molar-refractivity contribution in [3.8, 4) is 0 Å². The molecule has 2 aliphatic rings. The van der Waals surface area contributed by atoms with Gasteiger partial charge in [-0.2, -0.15) is 0 Å². The van der Waals surface area contributed by atoms with Crippen molar-refractivity contribution in [3.63, 3.8) is 0 Å². The third kappa shape index (κ3) is 3.85. The minimum absolute atomic E-state index is 0.333. The number of thioether (sulfide) groups is 1. The van der Waals surface area contributed by atoms with E-state index < -0.39 is 0 Å². The van der Waals surface area contributed by atoms with E-state index >= 15 is 0 Å². The van der Waals surface area contributed by atoms with Crippen LogP contribution in [0.5, 0.6) is 0 Å². The third-order valence-corrected chi connectivity index (χ3v) is 7.28. The lowest BCUT2D eigenvalue weighted by Crippen LogP contribution is -2.31. The number of aromatic nitrogens is 3. The van der Waals surface area contributed by atoms with E-state index in [-0.39, 0.29) is 5.63 Å². The maximum atomic E-state index is 12.1. The van der Waals surface area contributed by atoms with Crippen LogP contribution >= 0.6 is 23.4 Å². The third-order valence-electron chi connectivity index (χ3n) is 5.93. The molecule has 0 amide bonds. The Bertz CT molecular complexity index is 1130. The minimum Gasteiger partial charge on any atom is -0.423 e. The fourth-order valence-corrected chi connectivity index (χ4v) is 5.44. The summed E-state index contributed by atoms with van der Waals surface area (Å²) in [6.07, 6.45) is 6.88. The van der Waals surface area contributed by atoms with Gasteiger partial charge in [0, 0.05) is 41.4 Å². The fourth-order valence-electron chi connectivity index (χ4n) is 4.15. The second-order valence-electron chi connectivity index (χ2n) is 8.10. The number of benzene rings is 1. The zero-order chi connectivity index (χ0) is 20.7. The largest absolute Gasteiger partial charge is 0.423 e. The van der Waals surface area contributed by atoms with Gasteiger partial charge in [-0.25, -0.2) is 4.79 Å². The first-order chi connectivity index (χ1) is 14.6. The van der Waals surface area contributed by atoms with Crippen LogP contribution in [0, 0.1) is 0 Å². The summed E-state index contributed by atoms with van der Waals surface area (Å²) in [5, 5.41) is 11.6. The number of hydrogen-bond donors (Lipinski definition) is 0. The molecule has 6 nitrogen and oxygen atoms in total. The zero-order valence-electron chi connectivity index (χ0n) is 17.1. The summed E-state index contributed by atoms with van der Waals surface area (Å²) in [7, 11) is 0. The smallest absolute Gasteiger partial charge is 0.336 e. The van der Waals surface area contributed by atoms with Crippen LogP contribution in [0.4, 0.5) is 5.95 Å². The van der Waals surface area contributed by atoms with Crippen molar-refractivity contribution >= 4 is 40.3 Å². The summed E-state index contributed by atoms with van der Waals surface area (Å²) in [5.74, 6) is 1.63. The summed E-state index contributed by atoms with van der Waals surface area (Å²) in [5.41, 5.74) is 2.16. The van der Waals surface area contributed by atoms with Crippen LogP contribution in [0.15, 0.2) is 32.6 Å². The van der Waals surface area contributed by atoms with Gasteiger partial charge in [0.05, 0.1) is 0 Å². The van der Waals surface area contributed by atoms with Gasteiger partial charge in [-0.15, -0.1) is 10.2 Å². The predicted octanol–water partition coefficient (Wildman–Crippen LogP) is 5.22. The van der Waals surface area contributed by atoms with Gasteiger partial charge in [-0.05, 0) is 61.8 Å². The number of piperidine rings is 1. The summed E-state index contributed by atoms with van der Waals surface area (Å²) in [4.78, 5) is 14.5. The zero-order valence-corrected chi connectivity index (χ0v) is 18.6. The molecule has 0 unspecified atom stereocenters. The molecule has 1 saturated carbocycles. The Balaban J connectivity index is 1.45. The second-order valence-corrected chi connectivity index (χ2v) is 9.45. The molecule has 2 aromatic heterocycles. The van der Waals surface area contributed by atoms with Gasteiger partial charge in [-0.3, -0.25) is 4.57 Å². The topological polar surface area (TPSA) is 64.2 Å². The molecule has 0 N–H and O–H groups in total. The number of aryl methyl sites for hydroxylation is 1. The second kappa shape index (κ2) is 8.27. The fraction of sp³-hybridized carbons (Fsp3) is 0.500. The van der Waals surface area contributed by atoms with E-state index in [4.69, 9.17) is 16.0 Å². The van der Waals surface area contributed by atoms with Gasteiger partial charge in [-0.1, -0.05) is 30.3 Å². The molecular formula is C22H25ClN4O2S. The van der Waals surface area contributed by atoms with Crippen molar-refractivity contribution in [3.05, 3.63) is 44.8 Å². The van der Waals surface area contributed by atoms with Crippen LogP contribution < -0.4 is 10.5 Å². The Hall–Kier alpha value is -1.99. The van der Waals surface area contributed by atoms with E-state index in [1.54, 1.807) is 17.8 Å². The van der Waals surface area contributed by atoms with Crippen LogP contribution in [-0.4, -0.2) is 27.9 Å². The van der Waals surface area contributed by atoms with E-state index in [1.165, 1.54) is 32.1 Å². The maximum Gasteiger partial charge on any atom is 0.336 e. The lowest BCUT2D eigenvalue weighted by atomic mass is 10.1.